The van der Waals surface area contributed by atoms with Crippen molar-refractivity contribution in [3.63, 3.8) is 0 Å². The number of carbonyl (C=O) groups excluding carboxylic acids is 2. The highest BCUT2D eigenvalue weighted by Crippen LogP contribution is 2.29. The summed E-state index contributed by atoms with van der Waals surface area (Å²) in [6.07, 6.45) is 0.00955. The van der Waals surface area contributed by atoms with E-state index in [2.05, 4.69) is 0 Å². The third-order valence-corrected chi connectivity index (χ3v) is 3.37. The summed E-state index contributed by atoms with van der Waals surface area (Å²) in [5, 5.41) is 10.8. The van der Waals surface area contributed by atoms with Crippen LogP contribution in [-0.4, -0.2) is 37.5 Å². The Morgan fingerprint density at radius 3 is 2.60 bits per heavy atom. The first-order chi connectivity index (χ1) is 9.55. The maximum atomic E-state index is 11.7. The normalized spacial score (nSPS) is 18.2. The van der Waals surface area contributed by atoms with E-state index in [0.29, 0.717) is 18.0 Å². The maximum Gasteiger partial charge on any atom is 0.223 e. The monoisotopic (exact) mass is 278 g/mol. The van der Waals surface area contributed by atoms with Gasteiger partial charge in [-0.05, 0) is 17.7 Å². The van der Waals surface area contributed by atoms with E-state index in [0.717, 1.165) is 5.56 Å². The smallest absolute Gasteiger partial charge is 0.223 e. The largest absolute Gasteiger partial charge is 0.550 e. The zero-order chi connectivity index (χ0) is 14.7. The number of hydrogen-bond acceptors (Lipinski definition) is 5. The second-order valence-corrected chi connectivity index (χ2v) is 4.68. The highest BCUT2D eigenvalue weighted by atomic mass is 16.5. The molecule has 2 rings (SSSR count). The summed E-state index contributed by atoms with van der Waals surface area (Å²) in [4.78, 5) is 24.1. The summed E-state index contributed by atoms with van der Waals surface area (Å²) in [7, 11) is 3.08. The van der Waals surface area contributed by atoms with Crippen molar-refractivity contribution in [3.8, 4) is 11.5 Å². The van der Waals surface area contributed by atoms with Gasteiger partial charge in [0.15, 0.2) is 11.5 Å². The molecule has 0 spiro atoms. The minimum atomic E-state index is -1.17. The van der Waals surface area contributed by atoms with Crippen molar-refractivity contribution in [2.24, 2.45) is 5.92 Å². The molecule has 1 saturated heterocycles. The Labute approximate surface area is 116 Å². The van der Waals surface area contributed by atoms with Crippen molar-refractivity contribution in [1.82, 2.24) is 4.90 Å². The fraction of sp³-hybridized carbons (Fsp3) is 0.429. The van der Waals surface area contributed by atoms with Crippen LogP contribution in [0.25, 0.3) is 0 Å². The molecule has 0 aromatic heterocycles. The van der Waals surface area contributed by atoms with Crippen molar-refractivity contribution in [2.45, 2.75) is 13.0 Å². The molecule has 1 amide bonds. The van der Waals surface area contributed by atoms with Gasteiger partial charge < -0.3 is 24.3 Å². The fourth-order valence-corrected chi connectivity index (χ4v) is 2.28. The number of amides is 1. The van der Waals surface area contributed by atoms with E-state index < -0.39 is 11.9 Å². The first-order valence-corrected chi connectivity index (χ1v) is 6.24. The molecule has 1 aromatic carbocycles. The first kappa shape index (κ1) is 14.2. The second kappa shape index (κ2) is 5.81. The van der Waals surface area contributed by atoms with Crippen LogP contribution < -0.4 is 14.6 Å². The summed E-state index contributed by atoms with van der Waals surface area (Å²) in [6.45, 7) is 0.540. The Hall–Kier alpha value is -2.24. The molecule has 1 aliphatic rings. The van der Waals surface area contributed by atoms with Crippen molar-refractivity contribution < 1.29 is 24.2 Å². The van der Waals surface area contributed by atoms with Gasteiger partial charge in [-0.3, -0.25) is 4.79 Å². The SMILES string of the molecule is COc1ccc(CN2C[C@H](C(=O)[O-])CC2=O)cc1OC. The predicted molar refractivity (Wildman–Crippen MR) is 68.1 cm³/mol. The molecule has 6 nitrogen and oxygen atoms in total. The molecule has 1 heterocycles. The highest BCUT2D eigenvalue weighted by Gasteiger charge is 2.30. The molecule has 0 unspecified atom stereocenters. The summed E-state index contributed by atoms with van der Waals surface area (Å²) in [6, 6.07) is 5.35. The Bertz CT molecular complexity index is 528. The Balaban J connectivity index is 2.10. The van der Waals surface area contributed by atoms with Gasteiger partial charge in [0, 0.05) is 31.4 Å². The van der Waals surface area contributed by atoms with Crippen LogP contribution in [0, 0.1) is 5.92 Å². The molecule has 1 aliphatic heterocycles. The first-order valence-electron chi connectivity index (χ1n) is 6.24. The number of hydrogen-bond donors (Lipinski definition) is 0. The summed E-state index contributed by atoms with van der Waals surface area (Å²) >= 11 is 0. The Morgan fingerprint density at radius 1 is 1.35 bits per heavy atom. The van der Waals surface area contributed by atoms with Gasteiger partial charge in [-0.25, -0.2) is 0 Å². The van der Waals surface area contributed by atoms with E-state index in [1.165, 1.54) is 12.0 Å². The summed E-state index contributed by atoms with van der Waals surface area (Å²) < 4.78 is 10.3. The van der Waals surface area contributed by atoms with Crippen molar-refractivity contribution >= 4 is 11.9 Å². The molecule has 0 N–H and O–H groups in total. The van der Waals surface area contributed by atoms with Crippen molar-refractivity contribution in [1.29, 1.82) is 0 Å². The molecule has 20 heavy (non-hydrogen) atoms. The van der Waals surface area contributed by atoms with Gasteiger partial charge in [-0.1, -0.05) is 6.07 Å². The highest BCUT2D eigenvalue weighted by molar-refractivity contribution is 5.85. The number of likely N-dealkylation sites (tertiary alicyclic amines) is 1. The van der Waals surface area contributed by atoms with E-state index >= 15 is 0 Å². The topological polar surface area (TPSA) is 78.9 Å². The van der Waals surface area contributed by atoms with Gasteiger partial charge in [-0.15, -0.1) is 0 Å². The summed E-state index contributed by atoms with van der Waals surface area (Å²) in [5.41, 5.74) is 0.856. The van der Waals surface area contributed by atoms with Crippen molar-refractivity contribution in [3.05, 3.63) is 23.8 Å². The van der Waals surface area contributed by atoms with Crippen LogP contribution in [-0.2, 0) is 16.1 Å². The Morgan fingerprint density at radius 2 is 2.05 bits per heavy atom. The van der Waals surface area contributed by atoms with Gasteiger partial charge in [0.2, 0.25) is 5.91 Å². The maximum absolute atomic E-state index is 11.7. The average Bonchev–Trinajstić information content (AvgIpc) is 2.80. The molecule has 108 valence electrons. The van der Waals surface area contributed by atoms with Gasteiger partial charge in [-0.2, -0.15) is 0 Å². The van der Waals surface area contributed by atoms with E-state index in [-0.39, 0.29) is 18.9 Å². The number of methoxy groups -OCH3 is 2. The summed E-state index contributed by atoms with van der Waals surface area (Å²) in [5.74, 6) is -0.880. The number of ether oxygens (including phenoxy) is 2. The lowest BCUT2D eigenvalue weighted by atomic mass is 10.1. The van der Waals surface area contributed by atoms with E-state index in [4.69, 9.17) is 9.47 Å². The van der Waals surface area contributed by atoms with Crippen LogP contribution in [0.15, 0.2) is 18.2 Å². The standard InChI is InChI=1S/C14H17NO5/c1-19-11-4-3-9(5-12(11)20-2)7-15-8-10(14(17)18)6-13(15)16/h3-5,10H,6-8H2,1-2H3,(H,17,18)/p-1/t10-/m1/s1. The minimum absolute atomic E-state index is 0.00955. The van der Waals surface area contributed by atoms with Crippen LogP contribution in [0.4, 0.5) is 0 Å². The van der Waals surface area contributed by atoms with E-state index in [1.807, 2.05) is 6.07 Å². The average molecular weight is 278 g/mol. The molecular formula is C14H16NO5-. The quantitative estimate of drug-likeness (QED) is 0.745. The number of nitrogens with zero attached hydrogens (tertiary/aromatic N) is 1. The predicted octanol–water partition coefficient (Wildman–Crippen LogP) is -0.198. The fourth-order valence-electron chi connectivity index (χ4n) is 2.28. The van der Waals surface area contributed by atoms with Crippen LogP contribution in [0.1, 0.15) is 12.0 Å². The minimum Gasteiger partial charge on any atom is -0.550 e. The molecular weight excluding hydrogens is 262 g/mol. The lowest BCUT2D eigenvalue weighted by Gasteiger charge is -2.18. The molecule has 1 aromatic rings. The number of carboxylic acids is 1. The number of benzene rings is 1. The molecule has 0 bridgehead atoms. The number of carboxylic acid groups (broad SMARTS) is 1. The number of carbonyl (C=O) groups is 2. The molecule has 6 heteroatoms. The molecule has 1 atom stereocenters. The lowest BCUT2D eigenvalue weighted by molar-refractivity contribution is -0.311. The van der Waals surface area contributed by atoms with E-state index in [1.54, 1.807) is 19.2 Å². The molecule has 0 radical (unpaired) electrons. The second-order valence-electron chi connectivity index (χ2n) is 4.68. The third kappa shape index (κ3) is 2.84. The Kier molecular flexibility index (Phi) is 4.12. The van der Waals surface area contributed by atoms with Gasteiger partial charge >= 0.3 is 0 Å². The zero-order valence-electron chi connectivity index (χ0n) is 11.4. The number of aliphatic carboxylic acids is 1. The van der Waals surface area contributed by atoms with Crippen molar-refractivity contribution in [2.75, 3.05) is 20.8 Å². The van der Waals surface area contributed by atoms with Crippen LogP contribution in [0.5, 0.6) is 11.5 Å². The zero-order valence-corrected chi connectivity index (χ0v) is 11.4. The van der Waals surface area contributed by atoms with Crippen LogP contribution in [0.2, 0.25) is 0 Å². The molecule has 0 saturated carbocycles. The van der Waals surface area contributed by atoms with Crippen LogP contribution >= 0.6 is 0 Å². The van der Waals surface area contributed by atoms with Crippen LogP contribution in [0.3, 0.4) is 0 Å². The van der Waals surface area contributed by atoms with E-state index in [9.17, 15) is 14.7 Å². The third-order valence-electron chi connectivity index (χ3n) is 3.37. The van der Waals surface area contributed by atoms with Gasteiger partial charge in [0.25, 0.3) is 0 Å². The lowest BCUT2D eigenvalue weighted by Crippen LogP contribution is -2.33. The van der Waals surface area contributed by atoms with Gasteiger partial charge in [0.05, 0.1) is 14.2 Å². The molecule has 1 fully saturated rings. The molecule has 0 aliphatic carbocycles. The van der Waals surface area contributed by atoms with Gasteiger partial charge in [0.1, 0.15) is 0 Å². The number of rotatable bonds is 5.